The van der Waals surface area contributed by atoms with Gasteiger partial charge in [0.05, 0.1) is 16.8 Å². The van der Waals surface area contributed by atoms with Crippen LogP contribution in [-0.2, 0) is 6.42 Å². The molecular formula is C17H21N3O3. The minimum Gasteiger partial charge on any atom is -0.478 e. The summed E-state index contributed by atoms with van der Waals surface area (Å²) in [4.78, 5) is 23.0. The molecule has 0 saturated carbocycles. The number of amides is 1. The molecule has 0 aliphatic carbocycles. The van der Waals surface area contributed by atoms with E-state index in [-0.39, 0.29) is 17.5 Å². The van der Waals surface area contributed by atoms with Gasteiger partial charge in [-0.2, -0.15) is 5.10 Å². The highest BCUT2D eigenvalue weighted by Gasteiger charge is 2.14. The number of carboxylic acid groups (broad SMARTS) is 1. The third kappa shape index (κ3) is 4.18. The molecule has 0 unspecified atom stereocenters. The van der Waals surface area contributed by atoms with E-state index >= 15 is 0 Å². The Morgan fingerprint density at radius 2 is 1.91 bits per heavy atom. The van der Waals surface area contributed by atoms with E-state index in [1.165, 1.54) is 0 Å². The van der Waals surface area contributed by atoms with Crippen LogP contribution >= 0.6 is 0 Å². The van der Waals surface area contributed by atoms with Crippen LogP contribution in [-0.4, -0.2) is 33.3 Å². The summed E-state index contributed by atoms with van der Waals surface area (Å²) in [6.45, 7) is 6.32. The first-order valence-corrected chi connectivity index (χ1v) is 7.54. The smallest absolute Gasteiger partial charge is 0.335 e. The van der Waals surface area contributed by atoms with Gasteiger partial charge in [0.25, 0.3) is 5.91 Å². The Bertz CT molecular complexity index is 702. The Kier molecular flexibility index (Phi) is 5.16. The quantitative estimate of drug-likeness (QED) is 0.857. The molecule has 1 heterocycles. The van der Waals surface area contributed by atoms with Gasteiger partial charge in [0, 0.05) is 18.8 Å². The highest BCUT2D eigenvalue weighted by Crippen LogP contribution is 2.10. The molecule has 6 heteroatoms. The standard InChI is InChI=1S/C17H21N3O3/c1-11(2)20-10-15(12(3)19-20)16(21)18-9-8-13-4-6-14(7-5-13)17(22)23/h4-7,10-11H,8-9H2,1-3H3,(H,18,21)(H,22,23). The third-order valence-corrected chi connectivity index (χ3v) is 3.59. The molecule has 122 valence electrons. The molecule has 0 radical (unpaired) electrons. The second kappa shape index (κ2) is 7.09. The summed E-state index contributed by atoms with van der Waals surface area (Å²) < 4.78 is 1.77. The maximum absolute atomic E-state index is 12.2. The zero-order chi connectivity index (χ0) is 17.0. The number of hydrogen-bond donors (Lipinski definition) is 2. The van der Waals surface area contributed by atoms with Gasteiger partial charge < -0.3 is 10.4 Å². The van der Waals surface area contributed by atoms with Crippen molar-refractivity contribution in [2.45, 2.75) is 33.2 Å². The Labute approximate surface area is 135 Å². The van der Waals surface area contributed by atoms with Gasteiger partial charge >= 0.3 is 5.97 Å². The summed E-state index contributed by atoms with van der Waals surface area (Å²) in [7, 11) is 0. The van der Waals surface area contributed by atoms with Crippen molar-refractivity contribution in [1.82, 2.24) is 15.1 Å². The molecule has 6 nitrogen and oxygen atoms in total. The molecule has 2 N–H and O–H groups in total. The highest BCUT2D eigenvalue weighted by molar-refractivity contribution is 5.95. The van der Waals surface area contributed by atoms with Gasteiger partial charge in [-0.25, -0.2) is 4.79 Å². The van der Waals surface area contributed by atoms with E-state index < -0.39 is 5.97 Å². The Morgan fingerprint density at radius 3 is 2.43 bits per heavy atom. The summed E-state index contributed by atoms with van der Waals surface area (Å²) in [6, 6.07) is 6.87. The molecule has 1 aromatic carbocycles. The van der Waals surface area contributed by atoms with E-state index in [2.05, 4.69) is 10.4 Å². The van der Waals surface area contributed by atoms with Gasteiger partial charge in [-0.1, -0.05) is 12.1 Å². The SMILES string of the molecule is Cc1nn(C(C)C)cc1C(=O)NCCc1ccc(C(=O)O)cc1. The zero-order valence-corrected chi connectivity index (χ0v) is 13.5. The van der Waals surface area contributed by atoms with E-state index in [0.717, 1.165) is 5.56 Å². The molecule has 0 saturated heterocycles. The summed E-state index contributed by atoms with van der Waals surface area (Å²) >= 11 is 0. The number of nitrogens with one attached hydrogen (secondary N) is 1. The lowest BCUT2D eigenvalue weighted by Crippen LogP contribution is -2.26. The number of aryl methyl sites for hydroxylation is 1. The van der Waals surface area contributed by atoms with Crippen molar-refractivity contribution < 1.29 is 14.7 Å². The Balaban J connectivity index is 1.90. The number of nitrogens with zero attached hydrogens (tertiary/aromatic N) is 2. The summed E-state index contributed by atoms with van der Waals surface area (Å²) in [5.74, 6) is -1.08. The predicted octanol–water partition coefficient (Wildman–Crippen LogP) is 2.44. The van der Waals surface area contributed by atoms with Crippen LogP contribution in [0.1, 0.15) is 51.9 Å². The molecule has 0 fully saturated rings. The van der Waals surface area contributed by atoms with E-state index in [9.17, 15) is 9.59 Å². The van der Waals surface area contributed by atoms with Crippen LogP contribution in [0.3, 0.4) is 0 Å². The summed E-state index contributed by atoms with van der Waals surface area (Å²) in [5.41, 5.74) is 2.53. The number of carboxylic acids is 1. The maximum Gasteiger partial charge on any atom is 0.335 e. The topological polar surface area (TPSA) is 84.2 Å². The largest absolute Gasteiger partial charge is 0.478 e. The van der Waals surface area contributed by atoms with Gasteiger partial charge in [-0.15, -0.1) is 0 Å². The van der Waals surface area contributed by atoms with E-state index in [0.29, 0.717) is 24.2 Å². The normalized spacial score (nSPS) is 10.8. The average Bonchev–Trinajstić information content (AvgIpc) is 2.90. The second-order valence-corrected chi connectivity index (χ2v) is 5.71. The third-order valence-electron chi connectivity index (χ3n) is 3.59. The molecule has 1 amide bonds. The maximum atomic E-state index is 12.2. The number of rotatable bonds is 6. The fourth-order valence-corrected chi connectivity index (χ4v) is 2.20. The molecule has 1 aromatic heterocycles. The molecule has 23 heavy (non-hydrogen) atoms. The number of aromatic carboxylic acids is 1. The predicted molar refractivity (Wildman–Crippen MR) is 86.8 cm³/mol. The van der Waals surface area contributed by atoms with Crippen LogP contribution in [0.25, 0.3) is 0 Å². The van der Waals surface area contributed by atoms with Gasteiger partial charge in [-0.05, 0) is 44.9 Å². The molecule has 0 atom stereocenters. The van der Waals surface area contributed by atoms with Gasteiger partial charge in [0.15, 0.2) is 0 Å². The van der Waals surface area contributed by atoms with Crippen LogP contribution < -0.4 is 5.32 Å². The highest BCUT2D eigenvalue weighted by atomic mass is 16.4. The fourth-order valence-electron chi connectivity index (χ4n) is 2.20. The van der Waals surface area contributed by atoms with Gasteiger partial charge in [0.2, 0.25) is 0 Å². The number of carbonyl (C=O) groups is 2. The number of benzene rings is 1. The minimum atomic E-state index is -0.942. The van der Waals surface area contributed by atoms with Gasteiger partial charge in [0.1, 0.15) is 0 Å². The van der Waals surface area contributed by atoms with Crippen molar-refractivity contribution in [3.63, 3.8) is 0 Å². The second-order valence-electron chi connectivity index (χ2n) is 5.71. The van der Waals surface area contributed by atoms with Crippen LogP contribution in [0.5, 0.6) is 0 Å². The van der Waals surface area contributed by atoms with Crippen molar-refractivity contribution in [3.8, 4) is 0 Å². The number of aromatic nitrogens is 2. The van der Waals surface area contributed by atoms with E-state index in [1.54, 1.807) is 35.1 Å². The Hall–Kier alpha value is -2.63. The molecule has 0 aliphatic heterocycles. The van der Waals surface area contributed by atoms with Crippen molar-refractivity contribution in [2.24, 2.45) is 0 Å². The molecule has 2 rings (SSSR count). The first-order chi connectivity index (χ1) is 10.9. The van der Waals surface area contributed by atoms with Crippen molar-refractivity contribution >= 4 is 11.9 Å². The van der Waals surface area contributed by atoms with Crippen LogP contribution in [0.2, 0.25) is 0 Å². The van der Waals surface area contributed by atoms with Crippen LogP contribution in [0.4, 0.5) is 0 Å². The lowest BCUT2D eigenvalue weighted by Gasteiger charge is -2.05. The lowest BCUT2D eigenvalue weighted by atomic mass is 10.1. The Morgan fingerprint density at radius 1 is 1.26 bits per heavy atom. The van der Waals surface area contributed by atoms with Crippen molar-refractivity contribution in [1.29, 1.82) is 0 Å². The van der Waals surface area contributed by atoms with E-state index in [4.69, 9.17) is 5.11 Å². The lowest BCUT2D eigenvalue weighted by molar-refractivity contribution is 0.0696. The first kappa shape index (κ1) is 16.7. The number of carbonyl (C=O) groups excluding carboxylic acids is 1. The fraction of sp³-hybridized carbons (Fsp3) is 0.353. The van der Waals surface area contributed by atoms with Gasteiger partial charge in [-0.3, -0.25) is 9.48 Å². The average molecular weight is 315 g/mol. The van der Waals surface area contributed by atoms with E-state index in [1.807, 2.05) is 20.8 Å². The molecule has 0 aliphatic rings. The minimum absolute atomic E-state index is 0.142. The first-order valence-electron chi connectivity index (χ1n) is 7.54. The van der Waals surface area contributed by atoms with Crippen molar-refractivity contribution in [2.75, 3.05) is 6.54 Å². The molecule has 2 aromatic rings. The number of hydrogen-bond acceptors (Lipinski definition) is 3. The molecular weight excluding hydrogens is 294 g/mol. The summed E-state index contributed by atoms with van der Waals surface area (Å²) in [6.07, 6.45) is 2.40. The molecule has 0 bridgehead atoms. The monoisotopic (exact) mass is 315 g/mol. The van der Waals surface area contributed by atoms with Crippen molar-refractivity contribution in [3.05, 3.63) is 52.8 Å². The zero-order valence-electron chi connectivity index (χ0n) is 13.5. The molecule has 0 spiro atoms. The summed E-state index contributed by atoms with van der Waals surface area (Å²) in [5, 5.41) is 16.0. The van der Waals surface area contributed by atoms with Crippen LogP contribution in [0.15, 0.2) is 30.5 Å². The van der Waals surface area contributed by atoms with Crippen LogP contribution in [0, 0.1) is 6.92 Å².